The quantitative estimate of drug-likeness (QED) is 0.596. The molecule has 1 atom stereocenters. The van der Waals surface area contributed by atoms with E-state index in [0.717, 1.165) is 19.4 Å². The van der Waals surface area contributed by atoms with Crippen molar-refractivity contribution in [2.45, 2.75) is 64.0 Å². The summed E-state index contributed by atoms with van der Waals surface area (Å²) in [6, 6.07) is 0.534. The molecule has 0 aromatic heterocycles. The largest absolute Gasteiger partial charge is 0.395 e. The fraction of sp³-hybridized carbons (Fsp3) is 1.00. The summed E-state index contributed by atoms with van der Waals surface area (Å²) in [6.45, 7) is 4.73. The average molecular weight is 273 g/mol. The first-order chi connectivity index (χ1) is 9.27. The van der Waals surface area contributed by atoms with Gasteiger partial charge in [-0.3, -0.25) is 4.90 Å². The summed E-state index contributed by atoms with van der Waals surface area (Å²) in [6.07, 6.45) is 8.00. The van der Waals surface area contributed by atoms with E-state index in [1.165, 1.54) is 32.1 Å². The summed E-state index contributed by atoms with van der Waals surface area (Å²) < 4.78 is 5.46. The van der Waals surface area contributed by atoms with Gasteiger partial charge >= 0.3 is 0 Å². The zero-order valence-corrected chi connectivity index (χ0v) is 12.4. The van der Waals surface area contributed by atoms with E-state index in [-0.39, 0.29) is 6.61 Å². The van der Waals surface area contributed by atoms with E-state index in [1.807, 2.05) is 0 Å². The minimum absolute atomic E-state index is 0.167. The first-order valence-corrected chi connectivity index (χ1v) is 7.88. The Balaban J connectivity index is 2.26. The van der Waals surface area contributed by atoms with Crippen LogP contribution < -0.4 is 0 Å². The van der Waals surface area contributed by atoms with E-state index in [2.05, 4.69) is 11.8 Å². The van der Waals surface area contributed by atoms with E-state index in [4.69, 9.17) is 4.74 Å². The molecule has 19 heavy (non-hydrogen) atoms. The lowest BCUT2D eigenvalue weighted by Gasteiger charge is -2.35. The second-order valence-electron chi connectivity index (χ2n) is 5.59. The Bertz CT molecular complexity index is 208. The minimum Gasteiger partial charge on any atom is -0.395 e. The predicted molar refractivity (Wildman–Crippen MR) is 77.3 cm³/mol. The van der Waals surface area contributed by atoms with Crippen molar-refractivity contribution in [2.24, 2.45) is 0 Å². The molecule has 4 heteroatoms. The van der Waals surface area contributed by atoms with Gasteiger partial charge in [0.1, 0.15) is 0 Å². The smallest absolute Gasteiger partial charge is 0.0900 e. The van der Waals surface area contributed by atoms with Gasteiger partial charge in [0.2, 0.25) is 0 Å². The SMILES string of the molecule is CCCCOCC(O)CN(CCO)C1CCCCC1. The summed E-state index contributed by atoms with van der Waals surface area (Å²) in [5.74, 6) is 0. The van der Waals surface area contributed by atoms with Crippen LogP contribution in [0.4, 0.5) is 0 Å². The lowest BCUT2D eigenvalue weighted by molar-refractivity contribution is 0.000143. The van der Waals surface area contributed by atoms with Gasteiger partial charge in [-0.25, -0.2) is 0 Å². The second-order valence-corrected chi connectivity index (χ2v) is 5.59. The summed E-state index contributed by atoms with van der Waals surface area (Å²) in [5, 5.41) is 19.2. The number of nitrogens with zero attached hydrogens (tertiary/aromatic N) is 1. The van der Waals surface area contributed by atoms with Crippen LogP contribution in [0.1, 0.15) is 51.9 Å². The molecule has 1 aliphatic rings. The van der Waals surface area contributed by atoms with E-state index in [1.54, 1.807) is 0 Å². The Morgan fingerprint density at radius 3 is 2.63 bits per heavy atom. The zero-order valence-electron chi connectivity index (χ0n) is 12.4. The summed E-state index contributed by atoms with van der Waals surface area (Å²) in [5.41, 5.74) is 0. The molecule has 1 unspecified atom stereocenters. The molecule has 0 saturated heterocycles. The third-order valence-corrected chi connectivity index (χ3v) is 3.88. The maximum absolute atomic E-state index is 10.0. The minimum atomic E-state index is -0.440. The highest BCUT2D eigenvalue weighted by Crippen LogP contribution is 2.22. The molecule has 0 radical (unpaired) electrons. The van der Waals surface area contributed by atoms with Crippen LogP contribution in [0.2, 0.25) is 0 Å². The summed E-state index contributed by atoms with van der Waals surface area (Å²) in [4.78, 5) is 2.24. The van der Waals surface area contributed by atoms with Crippen molar-refractivity contribution in [2.75, 3.05) is 32.9 Å². The van der Waals surface area contributed by atoms with Gasteiger partial charge in [-0.1, -0.05) is 32.6 Å². The van der Waals surface area contributed by atoms with Crippen LogP contribution in [0.5, 0.6) is 0 Å². The molecule has 0 aromatic carbocycles. The van der Waals surface area contributed by atoms with Crippen LogP contribution in [0.25, 0.3) is 0 Å². The van der Waals surface area contributed by atoms with E-state index in [0.29, 0.717) is 25.7 Å². The lowest BCUT2D eigenvalue weighted by Crippen LogP contribution is -2.44. The number of hydrogen-bond donors (Lipinski definition) is 2. The van der Waals surface area contributed by atoms with Crippen LogP contribution >= 0.6 is 0 Å². The van der Waals surface area contributed by atoms with Gasteiger partial charge in [0.05, 0.1) is 19.3 Å². The van der Waals surface area contributed by atoms with Gasteiger partial charge in [-0.15, -0.1) is 0 Å². The molecule has 0 aromatic rings. The van der Waals surface area contributed by atoms with Crippen molar-refractivity contribution in [1.29, 1.82) is 0 Å². The maximum Gasteiger partial charge on any atom is 0.0900 e. The molecule has 1 aliphatic carbocycles. The molecule has 4 nitrogen and oxygen atoms in total. The van der Waals surface area contributed by atoms with Crippen molar-refractivity contribution >= 4 is 0 Å². The number of aliphatic hydroxyl groups excluding tert-OH is 2. The Kier molecular flexibility index (Phi) is 9.43. The molecule has 114 valence electrons. The van der Waals surface area contributed by atoms with Crippen molar-refractivity contribution in [3.05, 3.63) is 0 Å². The first-order valence-electron chi connectivity index (χ1n) is 7.88. The molecule has 0 amide bonds. The van der Waals surface area contributed by atoms with Crippen molar-refractivity contribution in [3.63, 3.8) is 0 Å². The first kappa shape index (κ1) is 16.9. The molecule has 0 aliphatic heterocycles. The third kappa shape index (κ3) is 7.25. The number of rotatable bonds is 10. The maximum atomic E-state index is 10.0. The van der Waals surface area contributed by atoms with E-state index < -0.39 is 6.10 Å². The van der Waals surface area contributed by atoms with Gasteiger partial charge in [0, 0.05) is 25.7 Å². The number of hydrogen-bond acceptors (Lipinski definition) is 4. The van der Waals surface area contributed by atoms with Crippen LogP contribution in [0, 0.1) is 0 Å². The highest BCUT2D eigenvalue weighted by Gasteiger charge is 2.22. The summed E-state index contributed by atoms with van der Waals surface area (Å²) in [7, 11) is 0. The molecule has 1 rings (SSSR count). The van der Waals surface area contributed by atoms with Crippen molar-refractivity contribution in [3.8, 4) is 0 Å². The van der Waals surface area contributed by atoms with Crippen molar-refractivity contribution in [1.82, 2.24) is 4.90 Å². The molecule has 0 heterocycles. The predicted octanol–water partition coefficient (Wildman–Crippen LogP) is 1.79. The Hall–Kier alpha value is -0.160. The zero-order chi connectivity index (χ0) is 13.9. The molecule has 0 spiro atoms. The molecule has 0 bridgehead atoms. The molecular weight excluding hydrogens is 242 g/mol. The van der Waals surface area contributed by atoms with Crippen LogP contribution in [0.3, 0.4) is 0 Å². The van der Waals surface area contributed by atoms with E-state index >= 15 is 0 Å². The number of unbranched alkanes of at least 4 members (excludes halogenated alkanes) is 1. The van der Waals surface area contributed by atoms with Crippen LogP contribution in [-0.2, 0) is 4.74 Å². The van der Waals surface area contributed by atoms with Gasteiger partial charge in [-0.2, -0.15) is 0 Å². The molecule has 2 N–H and O–H groups in total. The number of aliphatic hydroxyl groups is 2. The van der Waals surface area contributed by atoms with Gasteiger partial charge in [-0.05, 0) is 19.3 Å². The lowest BCUT2D eigenvalue weighted by atomic mass is 9.94. The van der Waals surface area contributed by atoms with Gasteiger partial charge < -0.3 is 14.9 Å². The Morgan fingerprint density at radius 1 is 1.26 bits per heavy atom. The monoisotopic (exact) mass is 273 g/mol. The topological polar surface area (TPSA) is 52.9 Å². The van der Waals surface area contributed by atoms with Crippen molar-refractivity contribution < 1.29 is 14.9 Å². The van der Waals surface area contributed by atoms with E-state index in [9.17, 15) is 10.2 Å². The fourth-order valence-corrected chi connectivity index (χ4v) is 2.79. The van der Waals surface area contributed by atoms with Crippen LogP contribution in [-0.4, -0.2) is 60.2 Å². The highest BCUT2D eigenvalue weighted by molar-refractivity contribution is 4.77. The molecular formula is C15H31NO3. The standard InChI is InChI=1S/C15H31NO3/c1-2-3-11-19-13-15(18)12-16(9-10-17)14-7-5-4-6-8-14/h14-15,17-18H,2-13H2,1H3. The average Bonchev–Trinajstić information content (AvgIpc) is 2.44. The second kappa shape index (κ2) is 10.6. The summed E-state index contributed by atoms with van der Waals surface area (Å²) >= 11 is 0. The number of ether oxygens (including phenoxy) is 1. The Labute approximate surface area is 117 Å². The van der Waals surface area contributed by atoms with Gasteiger partial charge in [0.25, 0.3) is 0 Å². The van der Waals surface area contributed by atoms with Crippen LogP contribution in [0.15, 0.2) is 0 Å². The fourth-order valence-electron chi connectivity index (χ4n) is 2.79. The third-order valence-electron chi connectivity index (χ3n) is 3.88. The Morgan fingerprint density at radius 2 is 2.00 bits per heavy atom. The highest BCUT2D eigenvalue weighted by atomic mass is 16.5. The van der Waals surface area contributed by atoms with Gasteiger partial charge in [0.15, 0.2) is 0 Å². The molecule has 1 saturated carbocycles. The normalized spacial score (nSPS) is 18.9. The molecule has 1 fully saturated rings.